The Hall–Kier alpha value is -2.71. The van der Waals surface area contributed by atoms with Crippen LogP contribution in [0.15, 0.2) is 24.3 Å². The number of ketones is 1. The second kappa shape index (κ2) is 8.14. The van der Waals surface area contributed by atoms with Crippen molar-refractivity contribution in [1.29, 1.82) is 0 Å². The Balaban J connectivity index is 1.21. The van der Waals surface area contributed by atoms with Gasteiger partial charge in [0.2, 0.25) is 0 Å². The molecular weight excluding hydrogens is 492 g/mol. The number of thiophene rings is 1. The van der Waals surface area contributed by atoms with Crippen molar-refractivity contribution in [3.63, 3.8) is 0 Å². The van der Waals surface area contributed by atoms with Gasteiger partial charge in [-0.05, 0) is 73.6 Å². The number of aliphatic hydroxyl groups is 1. The summed E-state index contributed by atoms with van der Waals surface area (Å²) in [5, 5.41) is 21.4. The fourth-order valence-electron chi connectivity index (χ4n) is 7.95. The predicted octanol–water partition coefficient (Wildman–Crippen LogP) is 4.00. The number of benzene rings is 1. The largest absolute Gasteiger partial charge is 0.481 e. The zero-order chi connectivity index (χ0) is 25.5. The van der Waals surface area contributed by atoms with Gasteiger partial charge in [-0.3, -0.25) is 14.4 Å². The third-order valence-electron chi connectivity index (χ3n) is 9.60. The smallest absolute Gasteiger partial charge is 0.316 e. The number of ether oxygens (including phenoxy) is 2. The standard InChI is InChI=1S/C29H30O7S/c30-21-8-10-29(34)20-12-17-3-6-22(35-24(33)14-19-5-4-18(37-19)13-23(31)32)26-25(17)28(29,27(21)36-26)9-7-16(20)11-15-1-2-15/h3-6,15-16,20,27,34H,1-2,7-14H2,(H,31,32)/t16?,20-,27-,28-,29+/m0/s1. The van der Waals surface area contributed by atoms with Crippen LogP contribution in [0.25, 0.3) is 0 Å². The van der Waals surface area contributed by atoms with Crippen LogP contribution >= 0.6 is 11.3 Å². The zero-order valence-electron chi connectivity index (χ0n) is 20.5. The number of esters is 1. The lowest BCUT2D eigenvalue weighted by atomic mass is 9.43. The molecule has 7 nitrogen and oxygen atoms in total. The molecule has 3 fully saturated rings. The summed E-state index contributed by atoms with van der Waals surface area (Å²) >= 11 is 1.28. The van der Waals surface area contributed by atoms with Crippen LogP contribution in [0.2, 0.25) is 0 Å². The van der Waals surface area contributed by atoms with Crippen LogP contribution in [0, 0.1) is 17.8 Å². The second-order valence-corrected chi connectivity index (χ2v) is 12.9. The summed E-state index contributed by atoms with van der Waals surface area (Å²) in [7, 11) is 0. The molecule has 7 rings (SSSR count). The van der Waals surface area contributed by atoms with E-state index < -0.39 is 29.1 Å². The minimum Gasteiger partial charge on any atom is -0.481 e. The van der Waals surface area contributed by atoms with Crippen molar-refractivity contribution in [1.82, 2.24) is 0 Å². The lowest BCUT2D eigenvalue weighted by molar-refractivity contribution is -0.189. The minimum atomic E-state index is -0.984. The van der Waals surface area contributed by atoms with Crippen LogP contribution in [-0.2, 0) is 39.1 Å². The molecule has 5 atom stereocenters. The number of carboxylic acids is 1. The summed E-state index contributed by atoms with van der Waals surface area (Å²) < 4.78 is 12.2. The van der Waals surface area contributed by atoms with Gasteiger partial charge in [0, 0.05) is 21.7 Å². The van der Waals surface area contributed by atoms with E-state index in [-0.39, 0.29) is 24.5 Å². The quantitative estimate of drug-likeness (QED) is 0.418. The lowest BCUT2D eigenvalue weighted by Gasteiger charge is -2.61. The SMILES string of the molecule is O=C(O)Cc1ccc(CC(=O)Oc2ccc3c4c2O[C@H]2C(=O)CC[C@@]5(O)[C@@H](C3)C(CC3CC3)CC[C@]425)s1. The highest BCUT2D eigenvalue weighted by Crippen LogP contribution is 2.68. The molecular formula is C29H30O7S. The van der Waals surface area contributed by atoms with Crippen molar-refractivity contribution in [3.05, 3.63) is 45.1 Å². The predicted molar refractivity (Wildman–Crippen MR) is 134 cm³/mol. The van der Waals surface area contributed by atoms with Crippen molar-refractivity contribution in [3.8, 4) is 11.5 Å². The molecule has 8 heteroatoms. The first kappa shape index (κ1) is 23.4. The van der Waals surface area contributed by atoms with Gasteiger partial charge >= 0.3 is 11.9 Å². The molecule has 2 aromatic rings. The van der Waals surface area contributed by atoms with E-state index in [1.165, 1.54) is 24.2 Å². The van der Waals surface area contributed by atoms with E-state index >= 15 is 0 Å². The van der Waals surface area contributed by atoms with E-state index in [4.69, 9.17) is 14.6 Å². The first-order valence-electron chi connectivity index (χ1n) is 13.4. The Morgan fingerprint density at radius 2 is 1.86 bits per heavy atom. The molecule has 0 amide bonds. The molecule has 2 bridgehead atoms. The zero-order valence-corrected chi connectivity index (χ0v) is 21.4. The molecule has 1 aliphatic heterocycles. The van der Waals surface area contributed by atoms with Crippen LogP contribution in [-0.4, -0.2) is 39.6 Å². The number of carboxylic acid groups (broad SMARTS) is 1. The summed E-state index contributed by atoms with van der Waals surface area (Å²) in [6, 6.07) is 7.23. The molecule has 0 radical (unpaired) electrons. The highest BCUT2D eigenvalue weighted by Gasteiger charge is 2.73. The van der Waals surface area contributed by atoms with Gasteiger partial charge in [0.25, 0.3) is 0 Å². The van der Waals surface area contributed by atoms with Crippen LogP contribution in [0.4, 0.5) is 0 Å². The van der Waals surface area contributed by atoms with Gasteiger partial charge in [0.15, 0.2) is 23.4 Å². The number of Topliss-reactive ketones (excluding diaryl/α,β-unsaturated/α-hetero) is 1. The summed E-state index contributed by atoms with van der Waals surface area (Å²) in [5.41, 5.74) is 0.248. The Labute approximate surface area is 218 Å². The van der Waals surface area contributed by atoms with E-state index in [9.17, 15) is 19.5 Å². The van der Waals surface area contributed by atoms with Gasteiger partial charge in [-0.25, -0.2) is 0 Å². The maximum atomic E-state index is 13.2. The maximum Gasteiger partial charge on any atom is 0.316 e. The third-order valence-corrected chi connectivity index (χ3v) is 10.7. The normalized spacial score (nSPS) is 33.0. The Morgan fingerprint density at radius 3 is 2.62 bits per heavy atom. The molecule has 0 saturated heterocycles. The number of carbonyl (C=O) groups excluding carboxylic acids is 2. The van der Waals surface area contributed by atoms with Crippen LogP contribution in [0.3, 0.4) is 0 Å². The van der Waals surface area contributed by atoms with Crippen LogP contribution in [0.1, 0.15) is 65.8 Å². The van der Waals surface area contributed by atoms with E-state index in [0.29, 0.717) is 41.6 Å². The van der Waals surface area contributed by atoms with Gasteiger partial charge in [-0.2, -0.15) is 0 Å². The molecule has 4 aliphatic carbocycles. The summed E-state index contributed by atoms with van der Waals surface area (Å²) in [6.07, 6.45) is 6.19. The number of aliphatic carboxylic acids is 1. The Morgan fingerprint density at radius 1 is 1.08 bits per heavy atom. The number of hydrogen-bond acceptors (Lipinski definition) is 7. The fraction of sp³-hybridized carbons (Fsp3) is 0.552. The molecule has 194 valence electrons. The lowest BCUT2D eigenvalue weighted by Crippen LogP contribution is -2.71. The molecule has 1 aromatic heterocycles. The summed E-state index contributed by atoms with van der Waals surface area (Å²) in [6.45, 7) is 0. The van der Waals surface area contributed by atoms with Crippen LogP contribution < -0.4 is 9.47 Å². The first-order valence-corrected chi connectivity index (χ1v) is 14.2. The number of rotatable bonds is 7. The summed E-state index contributed by atoms with van der Waals surface area (Å²) in [5.74, 6) is 0.740. The van der Waals surface area contributed by atoms with Gasteiger partial charge in [-0.1, -0.05) is 18.9 Å². The molecule has 2 heterocycles. The Bertz CT molecular complexity index is 1330. The van der Waals surface area contributed by atoms with Gasteiger partial charge in [0.05, 0.1) is 23.9 Å². The van der Waals surface area contributed by atoms with Crippen molar-refractivity contribution in [2.45, 2.75) is 81.3 Å². The van der Waals surface area contributed by atoms with E-state index in [2.05, 4.69) is 0 Å². The average molecular weight is 523 g/mol. The molecule has 37 heavy (non-hydrogen) atoms. The fourth-order valence-corrected chi connectivity index (χ4v) is 8.95. The van der Waals surface area contributed by atoms with Crippen molar-refractivity contribution >= 4 is 29.1 Å². The molecule has 1 aromatic carbocycles. The van der Waals surface area contributed by atoms with Gasteiger partial charge in [-0.15, -0.1) is 11.3 Å². The second-order valence-electron chi connectivity index (χ2n) is 11.7. The first-order chi connectivity index (χ1) is 17.8. The van der Waals surface area contributed by atoms with E-state index in [0.717, 1.165) is 41.2 Å². The average Bonchev–Trinajstić information content (AvgIpc) is 3.44. The molecule has 5 aliphatic rings. The van der Waals surface area contributed by atoms with Crippen molar-refractivity contribution < 1.29 is 34.1 Å². The van der Waals surface area contributed by atoms with Gasteiger partial charge < -0.3 is 19.7 Å². The minimum absolute atomic E-state index is 0.0170. The van der Waals surface area contributed by atoms with Crippen molar-refractivity contribution in [2.24, 2.45) is 17.8 Å². The van der Waals surface area contributed by atoms with E-state index in [1.54, 1.807) is 18.2 Å². The molecule has 1 unspecified atom stereocenters. The monoisotopic (exact) mass is 522 g/mol. The highest BCUT2D eigenvalue weighted by molar-refractivity contribution is 7.12. The third kappa shape index (κ3) is 3.44. The molecule has 1 spiro atoms. The highest BCUT2D eigenvalue weighted by atomic mass is 32.1. The van der Waals surface area contributed by atoms with Crippen LogP contribution in [0.5, 0.6) is 11.5 Å². The topological polar surface area (TPSA) is 110 Å². The van der Waals surface area contributed by atoms with Gasteiger partial charge in [0.1, 0.15) is 0 Å². The summed E-state index contributed by atoms with van der Waals surface area (Å²) in [4.78, 5) is 38.4. The number of hydrogen-bond donors (Lipinski definition) is 2. The molecule has 2 N–H and O–H groups in total. The molecule has 3 saturated carbocycles. The Kier molecular flexibility index (Phi) is 5.15. The van der Waals surface area contributed by atoms with E-state index in [1.807, 2.05) is 6.07 Å². The van der Waals surface area contributed by atoms with Crippen molar-refractivity contribution in [2.75, 3.05) is 0 Å². The maximum absolute atomic E-state index is 13.2. The number of carbonyl (C=O) groups is 3.